The van der Waals surface area contributed by atoms with Gasteiger partial charge in [-0.3, -0.25) is 9.69 Å². The highest BCUT2D eigenvalue weighted by atomic mass is 19.1. The van der Waals surface area contributed by atoms with E-state index in [1.807, 2.05) is 6.92 Å². The first-order chi connectivity index (χ1) is 10.6. The average molecular weight is 306 g/mol. The smallest absolute Gasteiger partial charge is 0.410 e. The fourth-order valence-corrected chi connectivity index (χ4v) is 3.14. The Labute approximate surface area is 128 Å². The van der Waals surface area contributed by atoms with Crippen molar-refractivity contribution in [3.8, 4) is 0 Å². The second-order valence-corrected chi connectivity index (χ2v) is 5.75. The molecule has 6 heteroatoms. The van der Waals surface area contributed by atoms with Crippen LogP contribution in [0.15, 0.2) is 18.2 Å². The highest BCUT2D eigenvalue weighted by Crippen LogP contribution is 2.30. The topological polar surface area (TPSA) is 49.9 Å². The SMILES string of the molecule is C[C@@H]1c2ccc(F)cc2CCN1C(=O)CN1CCCOC1=O. The third-order valence-electron chi connectivity index (χ3n) is 4.35. The fourth-order valence-electron chi connectivity index (χ4n) is 3.14. The maximum atomic E-state index is 13.3. The highest BCUT2D eigenvalue weighted by Gasteiger charge is 2.30. The third-order valence-corrected chi connectivity index (χ3v) is 4.35. The molecule has 0 spiro atoms. The Kier molecular flexibility index (Phi) is 4.00. The number of nitrogens with zero attached hydrogens (tertiary/aromatic N) is 2. The summed E-state index contributed by atoms with van der Waals surface area (Å²) < 4.78 is 18.2. The number of fused-ring (bicyclic) bond motifs is 1. The van der Waals surface area contributed by atoms with E-state index in [1.54, 1.807) is 11.0 Å². The fraction of sp³-hybridized carbons (Fsp3) is 0.500. The van der Waals surface area contributed by atoms with Gasteiger partial charge in [-0.25, -0.2) is 9.18 Å². The van der Waals surface area contributed by atoms with Crippen LogP contribution in [-0.2, 0) is 16.0 Å². The molecule has 1 saturated heterocycles. The van der Waals surface area contributed by atoms with Crippen LogP contribution in [-0.4, -0.2) is 48.0 Å². The lowest BCUT2D eigenvalue weighted by molar-refractivity contribution is -0.135. The van der Waals surface area contributed by atoms with E-state index in [0.29, 0.717) is 26.1 Å². The van der Waals surface area contributed by atoms with E-state index in [1.165, 1.54) is 17.0 Å². The third kappa shape index (κ3) is 2.77. The highest BCUT2D eigenvalue weighted by molar-refractivity contribution is 5.83. The Morgan fingerprint density at radius 2 is 2.23 bits per heavy atom. The van der Waals surface area contributed by atoms with E-state index in [9.17, 15) is 14.0 Å². The van der Waals surface area contributed by atoms with Crippen LogP contribution >= 0.6 is 0 Å². The Hall–Kier alpha value is -2.11. The van der Waals surface area contributed by atoms with Crippen molar-refractivity contribution >= 4 is 12.0 Å². The van der Waals surface area contributed by atoms with Gasteiger partial charge in [0.05, 0.1) is 12.6 Å². The van der Waals surface area contributed by atoms with Crippen LogP contribution in [0.2, 0.25) is 0 Å². The van der Waals surface area contributed by atoms with Crippen molar-refractivity contribution in [3.05, 3.63) is 35.1 Å². The van der Waals surface area contributed by atoms with Gasteiger partial charge < -0.3 is 9.64 Å². The maximum Gasteiger partial charge on any atom is 0.410 e. The molecule has 1 aromatic rings. The monoisotopic (exact) mass is 306 g/mol. The minimum atomic E-state index is -0.424. The van der Waals surface area contributed by atoms with Crippen LogP contribution in [0.25, 0.3) is 0 Å². The minimum Gasteiger partial charge on any atom is -0.449 e. The van der Waals surface area contributed by atoms with Gasteiger partial charge in [-0.05, 0) is 43.0 Å². The summed E-state index contributed by atoms with van der Waals surface area (Å²) in [5.41, 5.74) is 1.93. The zero-order valence-electron chi connectivity index (χ0n) is 12.5. The molecule has 1 fully saturated rings. The van der Waals surface area contributed by atoms with Crippen molar-refractivity contribution in [1.82, 2.24) is 9.80 Å². The average Bonchev–Trinajstić information content (AvgIpc) is 2.49. The molecule has 0 radical (unpaired) electrons. The van der Waals surface area contributed by atoms with E-state index in [4.69, 9.17) is 4.74 Å². The van der Waals surface area contributed by atoms with Crippen LogP contribution in [0, 0.1) is 5.82 Å². The molecule has 0 bridgehead atoms. The molecule has 22 heavy (non-hydrogen) atoms. The summed E-state index contributed by atoms with van der Waals surface area (Å²) in [5.74, 6) is -0.344. The van der Waals surface area contributed by atoms with Gasteiger partial charge >= 0.3 is 6.09 Å². The van der Waals surface area contributed by atoms with Gasteiger partial charge in [0.25, 0.3) is 0 Å². The lowest BCUT2D eigenvalue weighted by atomic mass is 9.93. The predicted octanol–water partition coefficient (Wildman–Crippen LogP) is 2.11. The van der Waals surface area contributed by atoms with Crippen LogP contribution in [0.3, 0.4) is 0 Å². The molecule has 2 amide bonds. The molecule has 0 N–H and O–H groups in total. The summed E-state index contributed by atoms with van der Waals surface area (Å²) in [6, 6.07) is 4.59. The van der Waals surface area contributed by atoms with Crippen molar-refractivity contribution in [2.45, 2.75) is 25.8 Å². The van der Waals surface area contributed by atoms with Gasteiger partial charge in [-0.2, -0.15) is 0 Å². The lowest BCUT2D eigenvalue weighted by Gasteiger charge is -2.37. The number of halogens is 1. The quantitative estimate of drug-likeness (QED) is 0.841. The van der Waals surface area contributed by atoms with Crippen molar-refractivity contribution in [2.75, 3.05) is 26.2 Å². The molecule has 0 aromatic heterocycles. The van der Waals surface area contributed by atoms with Gasteiger partial charge in [0.2, 0.25) is 5.91 Å². The predicted molar refractivity (Wildman–Crippen MR) is 77.8 cm³/mol. The molecule has 0 aliphatic carbocycles. The first-order valence-electron chi connectivity index (χ1n) is 7.56. The van der Waals surface area contributed by atoms with Crippen LogP contribution in [0.1, 0.15) is 30.5 Å². The number of rotatable bonds is 2. The van der Waals surface area contributed by atoms with Crippen molar-refractivity contribution < 1.29 is 18.7 Å². The molecule has 2 heterocycles. The molecule has 0 saturated carbocycles. The molecule has 2 aliphatic heterocycles. The molecule has 2 aliphatic rings. The summed E-state index contributed by atoms with van der Waals surface area (Å²) in [6.07, 6.45) is 0.955. The second-order valence-electron chi connectivity index (χ2n) is 5.75. The second kappa shape index (κ2) is 5.94. The van der Waals surface area contributed by atoms with E-state index >= 15 is 0 Å². The number of cyclic esters (lactones) is 1. The number of carbonyl (C=O) groups excluding carboxylic acids is 2. The molecule has 1 aromatic carbocycles. The zero-order valence-corrected chi connectivity index (χ0v) is 12.5. The maximum absolute atomic E-state index is 13.3. The number of hydrogen-bond donors (Lipinski definition) is 0. The molecule has 118 valence electrons. The Morgan fingerprint density at radius 1 is 1.41 bits per heavy atom. The summed E-state index contributed by atoms with van der Waals surface area (Å²) in [4.78, 5) is 27.3. The van der Waals surface area contributed by atoms with Crippen LogP contribution < -0.4 is 0 Å². The van der Waals surface area contributed by atoms with Gasteiger partial charge in [0.1, 0.15) is 12.4 Å². The van der Waals surface area contributed by atoms with Gasteiger partial charge in [-0.15, -0.1) is 0 Å². The van der Waals surface area contributed by atoms with Crippen molar-refractivity contribution in [2.24, 2.45) is 0 Å². The molecule has 0 unspecified atom stereocenters. The normalized spacial score (nSPS) is 21.4. The summed E-state index contributed by atoms with van der Waals surface area (Å²) >= 11 is 0. The largest absolute Gasteiger partial charge is 0.449 e. The van der Waals surface area contributed by atoms with E-state index < -0.39 is 6.09 Å². The number of benzene rings is 1. The Morgan fingerprint density at radius 3 is 3.00 bits per heavy atom. The van der Waals surface area contributed by atoms with Crippen LogP contribution in [0.5, 0.6) is 0 Å². The van der Waals surface area contributed by atoms with Crippen molar-refractivity contribution in [1.29, 1.82) is 0 Å². The molecule has 5 nitrogen and oxygen atoms in total. The van der Waals surface area contributed by atoms with E-state index in [2.05, 4.69) is 0 Å². The molecule has 3 rings (SSSR count). The van der Waals surface area contributed by atoms with Crippen molar-refractivity contribution in [3.63, 3.8) is 0 Å². The standard InChI is InChI=1S/C16H19FN2O3/c1-11-14-4-3-13(17)9-12(14)5-7-19(11)15(20)10-18-6-2-8-22-16(18)21/h3-4,9,11H,2,5-8,10H2,1H3/t11-/m1/s1. The van der Waals surface area contributed by atoms with Gasteiger partial charge in [0, 0.05) is 13.1 Å². The zero-order chi connectivity index (χ0) is 15.7. The molecule has 1 atom stereocenters. The summed E-state index contributed by atoms with van der Waals surface area (Å²) in [6.45, 7) is 3.48. The number of carbonyl (C=O) groups is 2. The lowest BCUT2D eigenvalue weighted by Crippen LogP contribution is -2.48. The number of amides is 2. The summed E-state index contributed by atoms with van der Waals surface area (Å²) in [5, 5.41) is 0. The number of ether oxygens (including phenoxy) is 1. The Bertz CT molecular complexity index is 605. The molecular formula is C16H19FN2O3. The van der Waals surface area contributed by atoms with Gasteiger partial charge in [-0.1, -0.05) is 6.07 Å². The number of hydrogen-bond acceptors (Lipinski definition) is 3. The van der Waals surface area contributed by atoms with Crippen LogP contribution in [0.4, 0.5) is 9.18 Å². The minimum absolute atomic E-state index is 0.0414. The van der Waals surface area contributed by atoms with Gasteiger partial charge in [0.15, 0.2) is 0 Å². The van der Waals surface area contributed by atoms with E-state index in [-0.39, 0.29) is 24.3 Å². The molecular weight excluding hydrogens is 287 g/mol. The first kappa shape index (κ1) is 14.8. The Balaban J connectivity index is 1.71. The summed E-state index contributed by atoms with van der Waals surface area (Å²) in [7, 11) is 0. The first-order valence-corrected chi connectivity index (χ1v) is 7.56. The van der Waals surface area contributed by atoms with E-state index in [0.717, 1.165) is 17.5 Å².